The van der Waals surface area contributed by atoms with Gasteiger partial charge in [-0.1, -0.05) is 6.07 Å². The van der Waals surface area contributed by atoms with Crippen molar-refractivity contribution in [2.75, 3.05) is 25.0 Å². The zero-order valence-electron chi connectivity index (χ0n) is 22.0. The molecular formula is C29H37FN2O4. The van der Waals surface area contributed by atoms with E-state index < -0.39 is 5.60 Å². The Morgan fingerprint density at radius 1 is 1.06 bits per heavy atom. The standard InChI is InChI=1S/C29H37FN2O4/c1-20-18-24(30)12-9-21(20)15-17-32(28(35)36-29(2,3)4)16-7-6-8-26(33)23-10-13-25-22(19-23)11-14-27(34)31(25)5/h9-10,12-13,18-19H,6-8,11,14-17H2,1-5H3. The highest BCUT2D eigenvalue weighted by atomic mass is 19.1. The summed E-state index contributed by atoms with van der Waals surface area (Å²) >= 11 is 0. The molecule has 6 nitrogen and oxygen atoms in total. The summed E-state index contributed by atoms with van der Waals surface area (Å²) in [5, 5.41) is 0. The number of unbranched alkanes of at least 4 members (excludes halogenated alkanes) is 1. The zero-order valence-corrected chi connectivity index (χ0v) is 22.0. The second-order valence-electron chi connectivity index (χ2n) is 10.5. The number of hydrogen-bond donors (Lipinski definition) is 0. The van der Waals surface area contributed by atoms with Gasteiger partial charge < -0.3 is 14.5 Å². The maximum absolute atomic E-state index is 13.4. The van der Waals surface area contributed by atoms with E-state index in [1.54, 1.807) is 29.0 Å². The maximum Gasteiger partial charge on any atom is 0.410 e. The lowest BCUT2D eigenvalue weighted by atomic mass is 9.96. The van der Waals surface area contributed by atoms with Crippen LogP contribution in [0.3, 0.4) is 0 Å². The van der Waals surface area contributed by atoms with Crippen molar-refractivity contribution in [1.29, 1.82) is 0 Å². The monoisotopic (exact) mass is 496 g/mol. The van der Waals surface area contributed by atoms with E-state index in [0.29, 0.717) is 57.2 Å². The van der Waals surface area contributed by atoms with Crippen molar-refractivity contribution >= 4 is 23.5 Å². The summed E-state index contributed by atoms with van der Waals surface area (Å²) in [6.45, 7) is 8.28. The minimum Gasteiger partial charge on any atom is -0.444 e. The number of aryl methyl sites for hydroxylation is 2. The minimum absolute atomic E-state index is 0.0584. The fourth-order valence-electron chi connectivity index (χ4n) is 4.38. The third-order valence-corrected chi connectivity index (χ3v) is 6.43. The van der Waals surface area contributed by atoms with Gasteiger partial charge in [0.2, 0.25) is 5.91 Å². The molecule has 3 rings (SSSR count). The van der Waals surface area contributed by atoms with Crippen LogP contribution in [0.4, 0.5) is 14.9 Å². The van der Waals surface area contributed by atoms with E-state index in [9.17, 15) is 18.8 Å². The number of Topliss-reactive ketones (excluding diaryl/α,β-unsaturated/α-hetero) is 1. The molecule has 1 aliphatic rings. The van der Waals surface area contributed by atoms with Crippen molar-refractivity contribution in [3.8, 4) is 0 Å². The average Bonchev–Trinajstić information content (AvgIpc) is 2.80. The molecule has 0 radical (unpaired) electrons. The number of hydrogen-bond acceptors (Lipinski definition) is 4. The van der Waals surface area contributed by atoms with Crippen LogP contribution in [-0.4, -0.2) is 48.4 Å². The van der Waals surface area contributed by atoms with Crippen LogP contribution in [-0.2, 0) is 22.4 Å². The van der Waals surface area contributed by atoms with E-state index in [0.717, 1.165) is 22.4 Å². The Morgan fingerprint density at radius 2 is 1.81 bits per heavy atom. The van der Waals surface area contributed by atoms with Gasteiger partial charge >= 0.3 is 6.09 Å². The third kappa shape index (κ3) is 7.39. The van der Waals surface area contributed by atoms with E-state index in [1.807, 2.05) is 39.8 Å². The summed E-state index contributed by atoms with van der Waals surface area (Å²) in [5.74, 6) is -0.127. The van der Waals surface area contributed by atoms with Crippen molar-refractivity contribution in [2.24, 2.45) is 0 Å². The first kappa shape index (κ1) is 27.4. The molecule has 2 amide bonds. The lowest BCUT2D eigenvalue weighted by Gasteiger charge is -2.27. The van der Waals surface area contributed by atoms with Crippen molar-refractivity contribution in [3.63, 3.8) is 0 Å². The Kier molecular flexibility index (Phi) is 8.88. The zero-order chi connectivity index (χ0) is 26.5. The van der Waals surface area contributed by atoms with E-state index in [2.05, 4.69) is 0 Å². The number of anilines is 1. The van der Waals surface area contributed by atoms with Crippen LogP contribution in [0.15, 0.2) is 36.4 Å². The van der Waals surface area contributed by atoms with Crippen molar-refractivity contribution in [3.05, 3.63) is 64.5 Å². The normalized spacial score (nSPS) is 13.4. The van der Waals surface area contributed by atoms with Crippen LogP contribution < -0.4 is 4.90 Å². The van der Waals surface area contributed by atoms with Crippen LogP contribution in [0.25, 0.3) is 0 Å². The number of benzene rings is 2. The summed E-state index contributed by atoms with van der Waals surface area (Å²) < 4.78 is 19.0. The molecule has 0 saturated heterocycles. The lowest BCUT2D eigenvalue weighted by molar-refractivity contribution is -0.118. The lowest BCUT2D eigenvalue weighted by Crippen LogP contribution is -2.38. The Balaban J connectivity index is 1.56. The smallest absolute Gasteiger partial charge is 0.410 e. The SMILES string of the molecule is Cc1cc(F)ccc1CCN(CCCCC(=O)c1ccc2c(c1)CCC(=O)N2C)C(=O)OC(C)(C)C. The quantitative estimate of drug-likeness (QED) is 0.321. The predicted molar refractivity (Wildman–Crippen MR) is 139 cm³/mol. The van der Waals surface area contributed by atoms with Gasteiger partial charge in [0.25, 0.3) is 0 Å². The van der Waals surface area contributed by atoms with Crippen LogP contribution >= 0.6 is 0 Å². The van der Waals surface area contributed by atoms with Crippen LogP contribution in [0.2, 0.25) is 0 Å². The van der Waals surface area contributed by atoms with Gasteiger partial charge in [-0.05, 0) is 100 Å². The molecule has 7 heteroatoms. The molecule has 1 heterocycles. The second kappa shape index (κ2) is 11.7. The highest BCUT2D eigenvalue weighted by Gasteiger charge is 2.23. The third-order valence-electron chi connectivity index (χ3n) is 6.43. The molecule has 36 heavy (non-hydrogen) atoms. The molecule has 0 saturated carbocycles. The summed E-state index contributed by atoms with van der Waals surface area (Å²) in [6.07, 6.45) is 3.00. The molecule has 2 aromatic carbocycles. The van der Waals surface area contributed by atoms with Gasteiger partial charge in [-0.25, -0.2) is 9.18 Å². The van der Waals surface area contributed by atoms with Gasteiger partial charge in [0, 0.05) is 44.2 Å². The number of ketones is 1. The number of amides is 2. The molecular weight excluding hydrogens is 459 g/mol. The van der Waals surface area contributed by atoms with Crippen LogP contribution in [0.5, 0.6) is 0 Å². The molecule has 0 fully saturated rings. The number of carbonyl (C=O) groups is 3. The first-order valence-electron chi connectivity index (χ1n) is 12.6. The van der Waals surface area contributed by atoms with E-state index in [-0.39, 0.29) is 23.6 Å². The van der Waals surface area contributed by atoms with E-state index >= 15 is 0 Å². The number of nitrogens with zero attached hydrogens (tertiary/aromatic N) is 2. The molecule has 0 bridgehead atoms. The number of carbonyl (C=O) groups excluding carboxylic acids is 3. The van der Waals surface area contributed by atoms with Crippen LogP contribution in [0, 0.1) is 12.7 Å². The number of fused-ring (bicyclic) bond motifs is 1. The van der Waals surface area contributed by atoms with Crippen LogP contribution in [0.1, 0.15) is 73.5 Å². The molecule has 0 spiro atoms. The minimum atomic E-state index is -0.609. The second-order valence-corrected chi connectivity index (χ2v) is 10.5. The number of ether oxygens (including phenoxy) is 1. The maximum atomic E-state index is 13.4. The average molecular weight is 497 g/mol. The molecule has 194 valence electrons. The summed E-state index contributed by atoms with van der Waals surface area (Å²) in [7, 11) is 1.76. The predicted octanol–water partition coefficient (Wildman–Crippen LogP) is 5.88. The van der Waals surface area contributed by atoms with Gasteiger partial charge in [-0.15, -0.1) is 0 Å². The van der Waals surface area contributed by atoms with Gasteiger partial charge in [-0.3, -0.25) is 9.59 Å². The van der Waals surface area contributed by atoms with Gasteiger partial charge in [0.1, 0.15) is 11.4 Å². The molecule has 1 aliphatic heterocycles. The summed E-state index contributed by atoms with van der Waals surface area (Å²) in [4.78, 5) is 40.8. The Morgan fingerprint density at radius 3 is 2.50 bits per heavy atom. The highest BCUT2D eigenvalue weighted by molar-refractivity contribution is 5.99. The van der Waals surface area contributed by atoms with Gasteiger partial charge in [0.05, 0.1) is 0 Å². The van der Waals surface area contributed by atoms with Crippen molar-refractivity contribution in [1.82, 2.24) is 4.90 Å². The Bertz CT molecular complexity index is 1120. The Hall–Kier alpha value is -3.22. The molecule has 0 unspecified atom stereocenters. The molecule has 0 aliphatic carbocycles. The fraction of sp³-hybridized carbons (Fsp3) is 0.483. The van der Waals surface area contributed by atoms with Crippen molar-refractivity contribution in [2.45, 2.75) is 71.8 Å². The topological polar surface area (TPSA) is 66.9 Å². The van der Waals surface area contributed by atoms with Gasteiger partial charge in [-0.2, -0.15) is 0 Å². The summed E-state index contributed by atoms with van der Waals surface area (Å²) in [6, 6.07) is 10.2. The largest absolute Gasteiger partial charge is 0.444 e. The molecule has 0 atom stereocenters. The number of rotatable bonds is 9. The molecule has 2 aromatic rings. The van der Waals surface area contributed by atoms with E-state index in [1.165, 1.54) is 12.1 Å². The molecule has 0 aromatic heterocycles. The fourth-order valence-corrected chi connectivity index (χ4v) is 4.38. The van der Waals surface area contributed by atoms with E-state index in [4.69, 9.17) is 4.74 Å². The first-order chi connectivity index (χ1) is 16.9. The number of halogens is 1. The van der Waals surface area contributed by atoms with Crippen molar-refractivity contribution < 1.29 is 23.5 Å². The van der Waals surface area contributed by atoms with Gasteiger partial charge in [0.15, 0.2) is 5.78 Å². The first-order valence-corrected chi connectivity index (χ1v) is 12.6. The summed E-state index contributed by atoms with van der Waals surface area (Å²) in [5.41, 5.74) is 3.78. The Labute approximate surface area is 213 Å². The molecule has 0 N–H and O–H groups in total. The highest BCUT2D eigenvalue weighted by Crippen LogP contribution is 2.28.